The fourth-order valence-electron chi connectivity index (χ4n) is 3.30. The number of fused-ring (bicyclic) bond motifs is 1. The molecular formula is C21H20N4O2. The van der Waals surface area contributed by atoms with Crippen LogP contribution in [0.2, 0.25) is 0 Å². The number of aryl methyl sites for hydroxylation is 1. The Morgan fingerprint density at radius 1 is 1.15 bits per heavy atom. The smallest absolute Gasteiger partial charge is 0.337 e. The molecule has 0 radical (unpaired) electrons. The Balaban J connectivity index is 1.60. The number of para-hydroxylation sites is 1. The molecule has 0 aliphatic carbocycles. The third kappa shape index (κ3) is 3.60. The van der Waals surface area contributed by atoms with Gasteiger partial charge in [-0.1, -0.05) is 24.3 Å². The summed E-state index contributed by atoms with van der Waals surface area (Å²) >= 11 is 0. The molecule has 1 aliphatic rings. The van der Waals surface area contributed by atoms with E-state index in [0.717, 1.165) is 30.9 Å². The number of anilines is 4. The molecule has 0 saturated heterocycles. The van der Waals surface area contributed by atoms with Crippen molar-refractivity contribution in [3.63, 3.8) is 0 Å². The molecule has 136 valence electrons. The van der Waals surface area contributed by atoms with E-state index in [-0.39, 0.29) is 5.97 Å². The van der Waals surface area contributed by atoms with Gasteiger partial charge in [0.1, 0.15) is 5.82 Å². The maximum atomic E-state index is 11.7. The molecule has 0 atom stereocenters. The lowest BCUT2D eigenvalue weighted by Gasteiger charge is -2.30. The molecule has 6 nitrogen and oxygen atoms in total. The van der Waals surface area contributed by atoms with Crippen molar-refractivity contribution in [2.45, 2.75) is 12.8 Å². The highest BCUT2D eigenvalue weighted by Crippen LogP contribution is 2.32. The van der Waals surface area contributed by atoms with E-state index < -0.39 is 0 Å². The van der Waals surface area contributed by atoms with Crippen molar-refractivity contribution in [2.75, 3.05) is 23.9 Å². The molecule has 1 aromatic heterocycles. The summed E-state index contributed by atoms with van der Waals surface area (Å²) in [7, 11) is 1.37. The number of carbonyl (C=O) groups excluding carboxylic acids is 1. The largest absolute Gasteiger partial charge is 0.465 e. The zero-order chi connectivity index (χ0) is 18.6. The molecule has 4 rings (SSSR count). The number of methoxy groups -OCH3 is 1. The lowest BCUT2D eigenvalue weighted by Crippen LogP contribution is -2.25. The predicted octanol–water partition coefficient (Wildman–Crippen LogP) is 4.09. The quantitative estimate of drug-likeness (QED) is 0.707. The van der Waals surface area contributed by atoms with Gasteiger partial charge in [-0.25, -0.2) is 9.78 Å². The van der Waals surface area contributed by atoms with Crippen molar-refractivity contribution in [1.82, 2.24) is 9.97 Å². The SMILES string of the molecule is COC(=O)c1cccc(Nc2nccc(N3CCCc4ccccc43)n2)c1. The monoisotopic (exact) mass is 360 g/mol. The molecule has 0 amide bonds. The number of nitrogens with zero attached hydrogens (tertiary/aromatic N) is 3. The molecule has 27 heavy (non-hydrogen) atoms. The topological polar surface area (TPSA) is 67.3 Å². The molecule has 3 aromatic rings. The number of hydrogen-bond acceptors (Lipinski definition) is 6. The second kappa shape index (κ2) is 7.45. The Morgan fingerprint density at radius 3 is 2.93 bits per heavy atom. The predicted molar refractivity (Wildman–Crippen MR) is 105 cm³/mol. The van der Waals surface area contributed by atoms with E-state index in [9.17, 15) is 4.79 Å². The van der Waals surface area contributed by atoms with Crippen LogP contribution in [-0.4, -0.2) is 29.6 Å². The van der Waals surface area contributed by atoms with Gasteiger partial charge in [0.05, 0.1) is 12.7 Å². The first-order valence-corrected chi connectivity index (χ1v) is 8.88. The first-order valence-electron chi connectivity index (χ1n) is 8.88. The highest BCUT2D eigenvalue weighted by atomic mass is 16.5. The summed E-state index contributed by atoms with van der Waals surface area (Å²) in [5, 5.41) is 3.17. The zero-order valence-corrected chi connectivity index (χ0v) is 15.1. The minimum atomic E-state index is -0.377. The molecule has 1 aliphatic heterocycles. The first-order chi connectivity index (χ1) is 13.2. The number of rotatable bonds is 4. The molecule has 6 heteroatoms. The number of esters is 1. The zero-order valence-electron chi connectivity index (χ0n) is 15.1. The van der Waals surface area contributed by atoms with Crippen LogP contribution in [0.15, 0.2) is 60.8 Å². The maximum Gasteiger partial charge on any atom is 0.337 e. The van der Waals surface area contributed by atoms with E-state index in [1.807, 2.05) is 12.1 Å². The molecule has 0 spiro atoms. The molecular weight excluding hydrogens is 340 g/mol. The summed E-state index contributed by atoms with van der Waals surface area (Å²) in [5.41, 5.74) is 3.74. The number of nitrogens with one attached hydrogen (secondary N) is 1. The van der Waals surface area contributed by atoms with Crippen molar-refractivity contribution in [2.24, 2.45) is 0 Å². The van der Waals surface area contributed by atoms with Crippen LogP contribution >= 0.6 is 0 Å². The lowest BCUT2D eigenvalue weighted by atomic mass is 10.0. The molecule has 2 heterocycles. The van der Waals surface area contributed by atoms with Gasteiger partial charge in [-0.2, -0.15) is 4.98 Å². The van der Waals surface area contributed by atoms with Crippen LogP contribution < -0.4 is 10.2 Å². The van der Waals surface area contributed by atoms with Crippen molar-refractivity contribution < 1.29 is 9.53 Å². The van der Waals surface area contributed by atoms with E-state index in [1.54, 1.807) is 24.4 Å². The van der Waals surface area contributed by atoms with Crippen LogP contribution in [0.3, 0.4) is 0 Å². The minimum Gasteiger partial charge on any atom is -0.465 e. The molecule has 1 N–H and O–H groups in total. The number of benzene rings is 2. The fourth-order valence-corrected chi connectivity index (χ4v) is 3.30. The van der Waals surface area contributed by atoms with Gasteiger partial charge in [0.2, 0.25) is 5.95 Å². The van der Waals surface area contributed by atoms with Gasteiger partial charge in [0.15, 0.2) is 0 Å². The Labute approximate surface area is 157 Å². The third-order valence-electron chi connectivity index (χ3n) is 4.57. The summed E-state index contributed by atoms with van der Waals surface area (Å²) in [5.74, 6) is 0.958. The van der Waals surface area contributed by atoms with Crippen molar-refractivity contribution in [1.29, 1.82) is 0 Å². The van der Waals surface area contributed by atoms with E-state index in [2.05, 4.69) is 44.5 Å². The number of ether oxygens (including phenoxy) is 1. The fraction of sp³-hybridized carbons (Fsp3) is 0.190. The molecule has 2 aromatic carbocycles. The molecule has 0 fully saturated rings. The maximum absolute atomic E-state index is 11.7. The van der Waals surface area contributed by atoms with Crippen LogP contribution in [0.25, 0.3) is 0 Å². The van der Waals surface area contributed by atoms with Gasteiger partial charge in [0, 0.05) is 24.1 Å². The first kappa shape index (κ1) is 17.0. The van der Waals surface area contributed by atoms with Gasteiger partial charge < -0.3 is 15.0 Å². The molecule has 0 bridgehead atoms. The van der Waals surface area contributed by atoms with Gasteiger partial charge >= 0.3 is 5.97 Å². The summed E-state index contributed by atoms with van der Waals surface area (Å²) < 4.78 is 4.77. The van der Waals surface area contributed by atoms with Gasteiger partial charge in [-0.15, -0.1) is 0 Å². The van der Waals surface area contributed by atoms with Crippen LogP contribution in [0, 0.1) is 0 Å². The Kier molecular flexibility index (Phi) is 4.70. The number of carbonyl (C=O) groups is 1. The Bertz CT molecular complexity index is 974. The summed E-state index contributed by atoms with van der Waals surface area (Å²) in [6.45, 7) is 0.922. The lowest BCUT2D eigenvalue weighted by molar-refractivity contribution is 0.0601. The number of hydrogen-bond donors (Lipinski definition) is 1. The van der Waals surface area contributed by atoms with E-state index in [0.29, 0.717) is 11.5 Å². The van der Waals surface area contributed by atoms with E-state index in [4.69, 9.17) is 4.74 Å². The van der Waals surface area contributed by atoms with Crippen LogP contribution in [0.4, 0.5) is 23.1 Å². The normalized spacial score (nSPS) is 13.0. The van der Waals surface area contributed by atoms with Crippen LogP contribution in [0.1, 0.15) is 22.3 Å². The third-order valence-corrected chi connectivity index (χ3v) is 4.57. The molecule has 0 saturated carbocycles. The van der Waals surface area contributed by atoms with Crippen molar-refractivity contribution in [3.8, 4) is 0 Å². The summed E-state index contributed by atoms with van der Waals surface area (Å²) in [4.78, 5) is 22.9. The van der Waals surface area contributed by atoms with Crippen molar-refractivity contribution >= 4 is 29.1 Å². The summed E-state index contributed by atoms with van der Waals surface area (Å²) in [6, 6.07) is 17.4. The van der Waals surface area contributed by atoms with E-state index >= 15 is 0 Å². The second-order valence-electron chi connectivity index (χ2n) is 6.32. The van der Waals surface area contributed by atoms with E-state index in [1.165, 1.54) is 18.4 Å². The van der Waals surface area contributed by atoms with Gasteiger partial charge in [0.25, 0.3) is 0 Å². The van der Waals surface area contributed by atoms with Gasteiger partial charge in [-0.05, 0) is 48.7 Å². The minimum absolute atomic E-state index is 0.377. The van der Waals surface area contributed by atoms with Crippen LogP contribution in [0.5, 0.6) is 0 Å². The highest BCUT2D eigenvalue weighted by Gasteiger charge is 2.19. The average Bonchev–Trinajstić information content (AvgIpc) is 2.73. The van der Waals surface area contributed by atoms with Crippen molar-refractivity contribution in [3.05, 3.63) is 71.9 Å². The molecule has 0 unspecified atom stereocenters. The summed E-state index contributed by atoms with van der Waals surface area (Å²) in [6.07, 6.45) is 3.92. The van der Waals surface area contributed by atoms with Gasteiger partial charge in [-0.3, -0.25) is 0 Å². The average molecular weight is 360 g/mol. The second-order valence-corrected chi connectivity index (χ2v) is 6.32. The Hall–Kier alpha value is -3.41. The Morgan fingerprint density at radius 2 is 2.04 bits per heavy atom. The number of aromatic nitrogens is 2. The van der Waals surface area contributed by atoms with Crippen LogP contribution in [-0.2, 0) is 11.2 Å². The highest BCUT2D eigenvalue weighted by molar-refractivity contribution is 5.90. The standard InChI is InChI=1S/C21H20N4O2/c1-27-20(26)16-7-4-9-17(14-16)23-21-22-12-11-19(24-21)25-13-5-8-15-6-2-3-10-18(15)25/h2-4,6-7,9-12,14H,5,8,13H2,1H3,(H,22,23,24).